The Morgan fingerprint density at radius 1 is 0.656 bits per heavy atom. The fourth-order valence-corrected chi connectivity index (χ4v) is 3.34. The van der Waals surface area contributed by atoms with Crippen molar-refractivity contribution in [2.24, 2.45) is 29.4 Å². The zero-order valence-corrected chi connectivity index (χ0v) is 20.9. The van der Waals surface area contributed by atoms with Gasteiger partial charge in [0.1, 0.15) is 18.1 Å². The van der Waals surface area contributed by atoms with Gasteiger partial charge in [0.15, 0.2) is 0 Å². The number of carbonyl (C=O) groups is 4. The number of nitrogens with one attached hydrogen (secondary N) is 3. The molecule has 3 amide bonds. The molecular formula is C23H44N4O5. The molecule has 0 aromatic heterocycles. The van der Waals surface area contributed by atoms with Crippen LogP contribution in [-0.4, -0.2) is 53.0 Å². The molecule has 0 saturated carbocycles. The number of nitrogens with two attached hydrogens (primary N) is 1. The molecule has 0 spiro atoms. The van der Waals surface area contributed by atoms with Crippen molar-refractivity contribution in [3.63, 3.8) is 0 Å². The van der Waals surface area contributed by atoms with E-state index in [4.69, 9.17) is 5.73 Å². The quantitative estimate of drug-likeness (QED) is 0.268. The van der Waals surface area contributed by atoms with Crippen LogP contribution < -0.4 is 21.7 Å². The Bertz CT molecular complexity index is 634. The molecule has 186 valence electrons. The summed E-state index contributed by atoms with van der Waals surface area (Å²) < 4.78 is 0. The number of hydrogen-bond acceptors (Lipinski definition) is 5. The van der Waals surface area contributed by atoms with Gasteiger partial charge in [0, 0.05) is 0 Å². The first-order chi connectivity index (χ1) is 14.6. The number of carboxylic acid groups (broad SMARTS) is 1. The van der Waals surface area contributed by atoms with Crippen molar-refractivity contribution in [2.75, 3.05) is 0 Å². The van der Waals surface area contributed by atoms with Crippen LogP contribution in [0, 0.1) is 23.7 Å². The molecule has 0 aliphatic carbocycles. The fourth-order valence-electron chi connectivity index (χ4n) is 3.34. The summed E-state index contributed by atoms with van der Waals surface area (Å²) in [5.41, 5.74) is 5.94. The lowest BCUT2D eigenvalue weighted by Gasteiger charge is -2.28. The number of aliphatic carboxylic acids is 1. The van der Waals surface area contributed by atoms with E-state index in [1.165, 1.54) is 0 Å². The molecule has 32 heavy (non-hydrogen) atoms. The van der Waals surface area contributed by atoms with E-state index in [1.54, 1.807) is 13.8 Å². The van der Waals surface area contributed by atoms with Gasteiger partial charge >= 0.3 is 5.97 Å². The van der Waals surface area contributed by atoms with Crippen molar-refractivity contribution < 1.29 is 24.3 Å². The molecule has 0 unspecified atom stereocenters. The van der Waals surface area contributed by atoms with E-state index in [2.05, 4.69) is 16.0 Å². The zero-order valence-electron chi connectivity index (χ0n) is 20.9. The Balaban J connectivity index is 5.42. The first kappa shape index (κ1) is 29.8. The van der Waals surface area contributed by atoms with E-state index in [0.717, 1.165) is 0 Å². The Morgan fingerprint density at radius 2 is 1.09 bits per heavy atom. The topological polar surface area (TPSA) is 151 Å². The lowest BCUT2D eigenvalue weighted by Crippen LogP contribution is -2.58. The molecule has 9 heteroatoms. The second-order valence-electron chi connectivity index (χ2n) is 10.2. The third-order valence-corrected chi connectivity index (χ3v) is 4.97. The summed E-state index contributed by atoms with van der Waals surface area (Å²) >= 11 is 0. The maximum Gasteiger partial charge on any atom is 0.326 e. The predicted octanol–water partition coefficient (Wildman–Crippen LogP) is 1.65. The van der Waals surface area contributed by atoms with Gasteiger partial charge in [-0.3, -0.25) is 14.4 Å². The van der Waals surface area contributed by atoms with Crippen LogP contribution in [-0.2, 0) is 19.2 Å². The minimum Gasteiger partial charge on any atom is -0.480 e. The summed E-state index contributed by atoms with van der Waals surface area (Å²) in [4.78, 5) is 49.8. The highest BCUT2D eigenvalue weighted by Gasteiger charge is 2.32. The maximum atomic E-state index is 13.0. The largest absolute Gasteiger partial charge is 0.480 e. The van der Waals surface area contributed by atoms with Gasteiger partial charge < -0.3 is 26.8 Å². The Hall–Kier alpha value is -2.16. The van der Waals surface area contributed by atoms with Gasteiger partial charge in [0.05, 0.1) is 6.04 Å². The summed E-state index contributed by atoms with van der Waals surface area (Å²) in [6, 6.07) is -3.55. The van der Waals surface area contributed by atoms with E-state index in [-0.39, 0.29) is 30.1 Å². The zero-order chi connectivity index (χ0) is 25.2. The van der Waals surface area contributed by atoms with Crippen molar-refractivity contribution in [3.05, 3.63) is 0 Å². The molecule has 0 fully saturated rings. The highest BCUT2D eigenvalue weighted by molar-refractivity contribution is 5.94. The molecule has 9 nitrogen and oxygen atoms in total. The molecule has 0 heterocycles. The Morgan fingerprint density at radius 3 is 1.50 bits per heavy atom. The van der Waals surface area contributed by atoms with Crippen LogP contribution >= 0.6 is 0 Å². The van der Waals surface area contributed by atoms with Crippen molar-refractivity contribution in [2.45, 2.75) is 98.8 Å². The maximum absolute atomic E-state index is 13.0. The number of rotatable bonds is 14. The first-order valence-corrected chi connectivity index (χ1v) is 11.5. The molecular weight excluding hydrogens is 412 g/mol. The summed E-state index contributed by atoms with van der Waals surface area (Å²) in [7, 11) is 0. The van der Waals surface area contributed by atoms with Crippen LogP contribution in [0.25, 0.3) is 0 Å². The average molecular weight is 457 g/mol. The number of hydrogen-bond donors (Lipinski definition) is 5. The molecule has 0 aliphatic rings. The van der Waals surface area contributed by atoms with E-state index in [0.29, 0.717) is 12.8 Å². The Kier molecular flexibility index (Phi) is 13.1. The van der Waals surface area contributed by atoms with Gasteiger partial charge in [-0.15, -0.1) is 0 Å². The lowest BCUT2D eigenvalue weighted by atomic mass is 9.98. The molecule has 0 aliphatic heterocycles. The van der Waals surface area contributed by atoms with E-state index < -0.39 is 47.9 Å². The smallest absolute Gasteiger partial charge is 0.326 e. The van der Waals surface area contributed by atoms with Gasteiger partial charge in [0.2, 0.25) is 17.7 Å². The van der Waals surface area contributed by atoms with Crippen LogP contribution in [0.5, 0.6) is 0 Å². The average Bonchev–Trinajstić information content (AvgIpc) is 2.62. The minimum atomic E-state index is -1.12. The van der Waals surface area contributed by atoms with Gasteiger partial charge in [-0.2, -0.15) is 0 Å². The standard InChI is InChI=1S/C23H44N4O5/c1-12(2)9-16(24)20(28)27-19(15(7)8)22(30)25-17(10-13(3)4)21(29)26-18(23(31)32)11-14(5)6/h12-19H,9-11,24H2,1-8H3,(H,25,30)(H,26,29)(H,27,28)(H,31,32)/t16-,17-,18-,19-/m0/s1. The third-order valence-electron chi connectivity index (χ3n) is 4.97. The van der Waals surface area contributed by atoms with Gasteiger partial charge in [-0.25, -0.2) is 4.79 Å². The van der Waals surface area contributed by atoms with Crippen LogP contribution in [0.3, 0.4) is 0 Å². The number of carbonyl (C=O) groups excluding carboxylic acids is 3. The SMILES string of the molecule is CC(C)C[C@H](NC(=O)[C@H](CC(C)C)NC(=O)[C@@H](NC(=O)[C@@H](N)CC(C)C)C(C)C)C(=O)O. The minimum absolute atomic E-state index is 0.0742. The van der Waals surface area contributed by atoms with Gasteiger partial charge in [0.25, 0.3) is 0 Å². The predicted molar refractivity (Wildman–Crippen MR) is 125 cm³/mol. The van der Waals surface area contributed by atoms with E-state index >= 15 is 0 Å². The molecule has 0 radical (unpaired) electrons. The third kappa shape index (κ3) is 11.5. The lowest BCUT2D eigenvalue weighted by molar-refractivity contribution is -0.143. The normalized spacial score (nSPS) is 15.4. The molecule has 6 N–H and O–H groups in total. The second kappa shape index (κ2) is 14.1. The van der Waals surface area contributed by atoms with Crippen molar-refractivity contribution in [1.82, 2.24) is 16.0 Å². The Labute approximate surface area is 192 Å². The highest BCUT2D eigenvalue weighted by atomic mass is 16.4. The van der Waals surface area contributed by atoms with Gasteiger partial charge in [-0.05, 0) is 42.9 Å². The van der Waals surface area contributed by atoms with Crippen molar-refractivity contribution in [1.29, 1.82) is 0 Å². The summed E-state index contributed by atoms with van der Waals surface area (Å²) in [5, 5.41) is 17.4. The van der Waals surface area contributed by atoms with Crippen LogP contribution in [0.2, 0.25) is 0 Å². The van der Waals surface area contributed by atoms with Crippen molar-refractivity contribution >= 4 is 23.7 Å². The number of amides is 3. The molecule has 0 saturated heterocycles. The fraction of sp³-hybridized carbons (Fsp3) is 0.826. The van der Waals surface area contributed by atoms with Crippen LogP contribution in [0.4, 0.5) is 0 Å². The monoisotopic (exact) mass is 456 g/mol. The molecule has 0 aromatic carbocycles. The summed E-state index contributed by atoms with van der Waals surface area (Å²) in [5.74, 6) is -2.44. The van der Waals surface area contributed by atoms with Crippen LogP contribution in [0.15, 0.2) is 0 Å². The molecule has 4 atom stereocenters. The first-order valence-electron chi connectivity index (χ1n) is 11.5. The summed E-state index contributed by atoms with van der Waals surface area (Å²) in [6.45, 7) is 15.0. The van der Waals surface area contributed by atoms with E-state index in [9.17, 15) is 24.3 Å². The molecule has 0 aromatic rings. The molecule has 0 bridgehead atoms. The molecule has 0 rings (SSSR count). The van der Waals surface area contributed by atoms with E-state index in [1.807, 2.05) is 41.5 Å². The summed E-state index contributed by atoms with van der Waals surface area (Å²) in [6.07, 6.45) is 1.10. The van der Waals surface area contributed by atoms with Gasteiger partial charge in [-0.1, -0.05) is 55.4 Å². The van der Waals surface area contributed by atoms with Crippen LogP contribution in [0.1, 0.15) is 74.7 Å². The van der Waals surface area contributed by atoms with Crippen molar-refractivity contribution in [3.8, 4) is 0 Å². The number of carboxylic acids is 1. The highest BCUT2D eigenvalue weighted by Crippen LogP contribution is 2.11. The second-order valence-corrected chi connectivity index (χ2v) is 10.2.